The Balaban J connectivity index is 2.90. The van der Waals surface area contributed by atoms with E-state index in [0.29, 0.717) is 26.2 Å². The normalized spacial score (nSPS) is 12.3. The summed E-state index contributed by atoms with van der Waals surface area (Å²) in [4.78, 5) is 0. The van der Waals surface area contributed by atoms with E-state index in [4.69, 9.17) is 0 Å². The lowest BCUT2D eigenvalue weighted by Gasteiger charge is -2.27. The highest BCUT2D eigenvalue weighted by atomic mass is 32.2. The van der Waals surface area contributed by atoms with Crippen molar-refractivity contribution in [1.82, 2.24) is 8.61 Å². The summed E-state index contributed by atoms with van der Waals surface area (Å²) in [5, 5.41) is 0. The van der Waals surface area contributed by atoms with E-state index in [1.54, 1.807) is 0 Å². The molecule has 0 spiro atoms. The van der Waals surface area contributed by atoms with Gasteiger partial charge in [-0.3, -0.25) is 0 Å². The summed E-state index contributed by atoms with van der Waals surface area (Å²) < 4.78 is 27.8. The second kappa shape index (κ2) is 6.87. The fourth-order valence-electron chi connectivity index (χ4n) is 1.86. The summed E-state index contributed by atoms with van der Waals surface area (Å²) in [5.41, 5.74) is 1.01. The zero-order valence-corrected chi connectivity index (χ0v) is 12.2. The highest BCUT2D eigenvalue weighted by molar-refractivity contribution is 7.86. The molecular formula is C13H22N2O2S. The Morgan fingerprint density at radius 3 is 1.83 bits per heavy atom. The van der Waals surface area contributed by atoms with Crippen LogP contribution < -0.4 is 0 Å². The monoisotopic (exact) mass is 270 g/mol. The molecule has 1 rings (SSSR count). The van der Waals surface area contributed by atoms with Crippen molar-refractivity contribution in [2.75, 3.05) is 19.6 Å². The third-order valence-electron chi connectivity index (χ3n) is 2.91. The Labute approximate surface area is 110 Å². The molecule has 18 heavy (non-hydrogen) atoms. The van der Waals surface area contributed by atoms with Crippen molar-refractivity contribution in [3.05, 3.63) is 35.9 Å². The average molecular weight is 270 g/mol. The van der Waals surface area contributed by atoms with Crippen molar-refractivity contribution in [2.45, 2.75) is 27.3 Å². The fourth-order valence-corrected chi connectivity index (χ4v) is 3.47. The predicted octanol–water partition coefficient (Wildman–Crippen LogP) is 2.10. The van der Waals surface area contributed by atoms with Gasteiger partial charge in [0.25, 0.3) is 10.2 Å². The Morgan fingerprint density at radius 2 is 1.39 bits per heavy atom. The topological polar surface area (TPSA) is 40.6 Å². The van der Waals surface area contributed by atoms with E-state index in [2.05, 4.69) is 0 Å². The van der Waals surface area contributed by atoms with Crippen LogP contribution in [0, 0.1) is 0 Å². The van der Waals surface area contributed by atoms with E-state index >= 15 is 0 Å². The standard InChI is InChI=1S/C13H22N2O2S/c1-4-14(5-2)18(16,17)15(6-3)12-13-10-8-7-9-11-13/h7-11H,4-6,12H2,1-3H3. The minimum atomic E-state index is -3.34. The molecule has 0 aliphatic heterocycles. The Morgan fingerprint density at radius 1 is 0.889 bits per heavy atom. The summed E-state index contributed by atoms with van der Waals surface area (Å²) in [6.45, 7) is 7.50. The van der Waals surface area contributed by atoms with Crippen LogP contribution in [0.4, 0.5) is 0 Å². The third-order valence-corrected chi connectivity index (χ3v) is 5.12. The van der Waals surface area contributed by atoms with Crippen LogP contribution in [0.5, 0.6) is 0 Å². The van der Waals surface area contributed by atoms with Crippen LogP contribution in [-0.4, -0.2) is 36.7 Å². The molecule has 1 aromatic carbocycles. The molecule has 0 aliphatic rings. The van der Waals surface area contributed by atoms with Crippen molar-refractivity contribution in [2.24, 2.45) is 0 Å². The maximum absolute atomic E-state index is 12.4. The van der Waals surface area contributed by atoms with Gasteiger partial charge in [0.05, 0.1) is 0 Å². The largest absolute Gasteiger partial charge is 0.282 e. The molecule has 0 atom stereocenters. The smallest absolute Gasteiger partial charge is 0.195 e. The number of nitrogens with zero attached hydrogens (tertiary/aromatic N) is 2. The summed E-state index contributed by atoms with van der Waals surface area (Å²) in [6.07, 6.45) is 0. The minimum Gasteiger partial charge on any atom is -0.195 e. The molecule has 0 aliphatic carbocycles. The SMILES string of the molecule is CCN(CC)S(=O)(=O)N(CC)Cc1ccccc1. The van der Waals surface area contributed by atoms with E-state index in [-0.39, 0.29) is 0 Å². The molecule has 0 bridgehead atoms. The van der Waals surface area contributed by atoms with Gasteiger partial charge in [-0.2, -0.15) is 17.0 Å². The van der Waals surface area contributed by atoms with Crippen molar-refractivity contribution >= 4 is 10.2 Å². The van der Waals surface area contributed by atoms with Crippen LogP contribution >= 0.6 is 0 Å². The molecule has 0 fully saturated rings. The molecule has 0 unspecified atom stereocenters. The first-order valence-electron chi connectivity index (χ1n) is 6.35. The first kappa shape index (κ1) is 15.1. The van der Waals surface area contributed by atoms with Gasteiger partial charge in [-0.05, 0) is 5.56 Å². The van der Waals surface area contributed by atoms with Crippen LogP contribution in [0.3, 0.4) is 0 Å². The first-order chi connectivity index (χ1) is 8.56. The second-order valence-corrected chi connectivity index (χ2v) is 5.93. The molecule has 5 heteroatoms. The van der Waals surface area contributed by atoms with E-state index in [1.807, 2.05) is 51.1 Å². The summed E-state index contributed by atoms with van der Waals surface area (Å²) in [6, 6.07) is 9.67. The Kier molecular flexibility index (Phi) is 5.78. The van der Waals surface area contributed by atoms with Gasteiger partial charge in [0.1, 0.15) is 0 Å². The minimum absolute atomic E-state index is 0.427. The van der Waals surface area contributed by atoms with Gasteiger partial charge in [0.2, 0.25) is 0 Å². The molecule has 0 saturated carbocycles. The zero-order valence-electron chi connectivity index (χ0n) is 11.3. The van der Waals surface area contributed by atoms with Gasteiger partial charge in [-0.25, -0.2) is 0 Å². The predicted molar refractivity (Wildman–Crippen MR) is 74.4 cm³/mol. The lowest BCUT2D eigenvalue weighted by atomic mass is 10.2. The van der Waals surface area contributed by atoms with Gasteiger partial charge in [0.15, 0.2) is 0 Å². The molecule has 0 N–H and O–H groups in total. The number of hydrogen-bond acceptors (Lipinski definition) is 2. The fraction of sp³-hybridized carbons (Fsp3) is 0.538. The van der Waals surface area contributed by atoms with Crippen molar-refractivity contribution in [3.8, 4) is 0 Å². The maximum Gasteiger partial charge on any atom is 0.282 e. The van der Waals surface area contributed by atoms with Gasteiger partial charge < -0.3 is 0 Å². The molecule has 102 valence electrons. The van der Waals surface area contributed by atoms with Gasteiger partial charge in [-0.1, -0.05) is 51.1 Å². The lowest BCUT2D eigenvalue weighted by molar-refractivity contribution is 0.353. The molecular weight excluding hydrogens is 248 g/mol. The van der Waals surface area contributed by atoms with Crippen LogP contribution in [0.15, 0.2) is 30.3 Å². The number of hydrogen-bond donors (Lipinski definition) is 0. The maximum atomic E-state index is 12.4. The molecule has 0 saturated heterocycles. The van der Waals surface area contributed by atoms with Crippen molar-refractivity contribution in [3.63, 3.8) is 0 Å². The second-order valence-electron chi connectivity index (χ2n) is 4.00. The molecule has 0 aromatic heterocycles. The van der Waals surface area contributed by atoms with Crippen LogP contribution in [0.25, 0.3) is 0 Å². The lowest BCUT2D eigenvalue weighted by Crippen LogP contribution is -2.43. The highest BCUT2D eigenvalue weighted by Gasteiger charge is 2.26. The molecule has 1 aromatic rings. The number of rotatable bonds is 7. The van der Waals surface area contributed by atoms with Gasteiger partial charge >= 0.3 is 0 Å². The quantitative estimate of drug-likeness (QED) is 0.761. The van der Waals surface area contributed by atoms with E-state index in [9.17, 15) is 8.42 Å². The van der Waals surface area contributed by atoms with E-state index < -0.39 is 10.2 Å². The summed E-state index contributed by atoms with van der Waals surface area (Å²) in [7, 11) is -3.34. The number of benzene rings is 1. The molecule has 0 heterocycles. The van der Waals surface area contributed by atoms with Gasteiger partial charge in [0, 0.05) is 26.2 Å². The first-order valence-corrected chi connectivity index (χ1v) is 7.75. The third kappa shape index (κ3) is 3.54. The Bertz CT molecular complexity index is 441. The van der Waals surface area contributed by atoms with E-state index in [0.717, 1.165) is 5.56 Å². The van der Waals surface area contributed by atoms with Crippen molar-refractivity contribution < 1.29 is 8.42 Å². The van der Waals surface area contributed by atoms with Crippen LogP contribution in [0.1, 0.15) is 26.3 Å². The van der Waals surface area contributed by atoms with Gasteiger partial charge in [-0.15, -0.1) is 0 Å². The van der Waals surface area contributed by atoms with Crippen LogP contribution in [0.2, 0.25) is 0 Å². The molecule has 0 amide bonds. The van der Waals surface area contributed by atoms with Crippen molar-refractivity contribution in [1.29, 1.82) is 0 Å². The summed E-state index contributed by atoms with van der Waals surface area (Å²) >= 11 is 0. The van der Waals surface area contributed by atoms with Crippen LogP contribution in [-0.2, 0) is 16.8 Å². The summed E-state index contributed by atoms with van der Waals surface area (Å²) in [5.74, 6) is 0. The van der Waals surface area contributed by atoms with E-state index in [1.165, 1.54) is 8.61 Å². The zero-order chi connectivity index (χ0) is 13.6. The Hall–Kier alpha value is -0.910. The molecule has 0 radical (unpaired) electrons. The molecule has 4 nitrogen and oxygen atoms in total. The average Bonchev–Trinajstić information content (AvgIpc) is 2.38. The highest BCUT2D eigenvalue weighted by Crippen LogP contribution is 2.12.